The molecule has 17 heavy (non-hydrogen) atoms. The standard InChI is InChI=1S/C15H23NO/c1-11(2)14(17)16-10-12-6-8-13(9-7-12)15(3,4)5/h6-9,11H,10H2,1-5H3,(H,16,17). The fourth-order valence-electron chi connectivity index (χ4n) is 1.52. The molecule has 1 rings (SSSR count). The summed E-state index contributed by atoms with van der Waals surface area (Å²) >= 11 is 0. The number of nitrogens with one attached hydrogen (secondary N) is 1. The summed E-state index contributed by atoms with van der Waals surface area (Å²) in [5.41, 5.74) is 2.64. The van der Waals surface area contributed by atoms with Crippen LogP contribution < -0.4 is 5.32 Å². The average molecular weight is 233 g/mol. The highest BCUT2D eigenvalue weighted by molar-refractivity contribution is 5.77. The zero-order valence-electron chi connectivity index (χ0n) is 11.5. The summed E-state index contributed by atoms with van der Waals surface area (Å²) in [6.45, 7) is 11.0. The van der Waals surface area contributed by atoms with E-state index in [4.69, 9.17) is 0 Å². The summed E-state index contributed by atoms with van der Waals surface area (Å²) in [6.07, 6.45) is 0. The largest absolute Gasteiger partial charge is 0.352 e. The van der Waals surface area contributed by atoms with Crippen molar-refractivity contribution in [1.29, 1.82) is 0 Å². The molecule has 1 aromatic rings. The van der Waals surface area contributed by atoms with Crippen LogP contribution in [0.5, 0.6) is 0 Å². The molecule has 0 aliphatic carbocycles. The van der Waals surface area contributed by atoms with Crippen molar-refractivity contribution in [2.24, 2.45) is 5.92 Å². The van der Waals surface area contributed by atoms with Crippen molar-refractivity contribution in [2.75, 3.05) is 0 Å². The molecule has 0 bridgehead atoms. The van der Waals surface area contributed by atoms with Gasteiger partial charge < -0.3 is 5.32 Å². The van der Waals surface area contributed by atoms with Gasteiger partial charge in [0.25, 0.3) is 0 Å². The van der Waals surface area contributed by atoms with Gasteiger partial charge in [0.15, 0.2) is 0 Å². The topological polar surface area (TPSA) is 29.1 Å². The molecule has 1 amide bonds. The number of hydrogen-bond donors (Lipinski definition) is 1. The van der Waals surface area contributed by atoms with E-state index in [0.717, 1.165) is 5.56 Å². The number of hydrogen-bond acceptors (Lipinski definition) is 1. The molecule has 0 aliphatic heterocycles. The molecule has 1 aromatic carbocycles. The molecule has 2 nitrogen and oxygen atoms in total. The Morgan fingerprint density at radius 2 is 1.71 bits per heavy atom. The SMILES string of the molecule is CC(C)C(=O)NCc1ccc(C(C)(C)C)cc1. The highest BCUT2D eigenvalue weighted by atomic mass is 16.1. The van der Waals surface area contributed by atoms with Crippen LogP contribution in [0.3, 0.4) is 0 Å². The van der Waals surface area contributed by atoms with Gasteiger partial charge in [-0.3, -0.25) is 4.79 Å². The maximum absolute atomic E-state index is 11.4. The predicted molar refractivity (Wildman–Crippen MR) is 71.8 cm³/mol. The first-order chi connectivity index (χ1) is 7.80. The fourth-order valence-corrected chi connectivity index (χ4v) is 1.52. The first kappa shape index (κ1) is 13.8. The summed E-state index contributed by atoms with van der Waals surface area (Å²) in [5, 5.41) is 2.92. The van der Waals surface area contributed by atoms with Gasteiger partial charge >= 0.3 is 0 Å². The van der Waals surface area contributed by atoms with E-state index in [1.807, 2.05) is 13.8 Å². The molecule has 94 valence electrons. The quantitative estimate of drug-likeness (QED) is 0.853. The van der Waals surface area contributed by atoms with E-state index in [-0.39, 0.29) is 17.2 Å². The molecule has 0 unspecified atom stereocenters. The van der Waals surface area contributed by atoms with E-state index in [1.54, 1.807) is 0 Å². The summed E-state index contributed by atoms with van der Waals surface area (Å²) in [4.78, 5) is 11.4. The Kier molecular flexibility index (Phi) is 4.33. The molecule has 0 radical (unpaired) electrons. The second-order valence-corrected chi connectivity index (χ2v) is 5.82. The van der Waals surface area contributed by atoms with Crippen molar-refractivity contribution < 1.29 is 4.79 Å². The Morgan fingerprint density at radius 3 is 2.12 bits per heavy atom. The Hall–Kier alpha value is -1.31. The minimum atomic E-state index is 0.0452. The third-order valence-corrected chi connectivity index (χ3v) is 2.81. The molecular weight excluding hydrogens is 210 g/mol. The highest BCUT2D eigenvalue weighted by Gasteiger charge is 2.13. The smallest absolute Gasteiger partial charge is 0.222 e. The molecule has 0 heterocycles. The second-order valence-electron chi connectivity index (χ2n) is 5.82. The number of carbonyl (C=O) groups excluding carboxylic acids is 1. The van der Waals surface area contributed by atoms with Gasteiger partial charge in [0.05, 0.1) is 0 Å². The molecule has 0 saturated heterocycles. The molecule has 2 heteroatoms. The molecule has 0 saturated carbocycles. The predicted octanol–water partition coefficient (Wildman–Crippen LogP) is 3.26. The van der Waals surface area contributed by atoms with Crippen LogP contribution in [-0.2, 0) is 16.8 Å². The fraction of sp³-hybridized carbons (Fsp3) is 0.533. The minimum absolute atomic E-state index is 0.0452. The summed E-state index contributed by atoms with van der Waals surface area (Å²) in [5.74, 6) is 0.147. The van der Waals surface area contributed by atoms with Crippen LogP contribution in [0.2, 0.25) is 0 Å². The Labute approximate surface area is 104 Å². The van der Waals surface area contributed by atoms with Gasteiger partial charge in [-0.15, -0.1) is 0 Å². The Morgan fingerprint density at radius 1 is 1.18 bits per heavy atom. The minimum Gasteiger partial charge on any atom is -0.352 e. The van der Waals surface area contributed by atoms with Crippen LogP contribution >= 0.6 is 0 Å². The molecule has 0 aliphatic rings. The van der Waals surface area contributed by atoms with E-state index >= 15 is 0 Å². The number of amides is 1. The second kappa shape index (κ2) is 5.35. The van der Waals surface area contributed by atoms with Crippen molar-refractivity contribution in [3.05, 3.63) is 35.4 Å². The zero-order chi connectivity index (χ0) is 13.1. The Balaban J connectivity index is 2.61. The first-order valence-electron chi connectivity index (χ1n) is 6.18. The lowest BCUT2D eigenvalue weighted by Crippen LogP contribution is -2.27. The van der Waals surface area contributed by atoms with Crippen molar-refractivity contribution in [2.45, 2.75) is 46.6 Å². The van der Waals surface area contributed by atoms with Crippen LogP contribution in [0.1, 0.15) is 45.7 Å². The first-order valence-corrected chi connectivity index (χ1v) is 6.18. The van der Waals surface area contributed by atoms with E-state index in [1.165, 1.54) is 5.56 Å². The highest BCUT2D eigenvalue weighted by Crippen LogP contribution is 2.22. The molecule has 1 N–H and O–H groups in total. The van der Waals surface area contributed by atoms with Crippen LogP contribution in [0.15, 0.2) is 24.3 Å². The molecule has 0 spiro atoms. The van der Waals surface area contributed by atoms with Gasteiger partial charge in [0.1, 0.15) is 0 Å². The van der Waals surface area contributed by atoms with Crippen molar-refractivity contribution in [1.82, 2.24) is 5.32 Å². The lowest BCUT2D eigenvalue weighted by atomic mass is 9.87. The van der Waals surface area contributed by atoms with Gasteiger partial charge in [0.2, 0.25) is 5.91 Å². The van der Waals surface area contributed by atoms with Crippen LogP contribution in [0.4, 0.5) is 0 Å². The molecule has 0 atom stereocenters. The Bertz CT molecular complexity index is 371. The van der Waals surface area contributed by atoms with Gasteiger partial charge in [-0.25, -0.2) is 0 Å². The molecule has 0 fully saturated rings. The monoisotopic (exact) mass is 233 g/mol. The average Bonchev–Trinajstić information content (AvgIpc) is 2.25. The maximum Gasteiger partial charge on any atom is 0.222 e. The third kappa shape index (κ3) is 4.22. The lowest BCUT2D eigenvalue weighted by Gasteiger charge is -2.19. The van der Waals surface area contributed by atoms with Gasteiger partial charge in [0, 0.05) is 12.5 Å². The zero-order valence-corrected chi connectivity index (χ0v) is 11.5. The number of carbonyl (C=O) groups is 1. The van der Waals surface area contributed by atoms with E-state index in [2.05, 4.69) is 50.4 Å². The molecule has 0 aromatic heterocycles. The summed E-state index contributed by atoms with van der Waals surface area (Å²) in [6, 6.07) is 8.44. The van der Waals surface area contributed by atoms with Gasteiger partial charge in [-0.1, -0.05) is 58.9 Å². The van der Waals surface area contributed by atoms with Crippen molar-refractivity contribution in [3.8, 4) is 0 Å². The van der Waals surface area contributed by atoms with Crippen LogP contribution in [-0.4, -0.2) is 5.91 Å². The van der Waals surface area contributed by atoms with Crippen LogP contribution in [0, 0.1) is 5.92 Å². The maximum atomic E-state index is 11.4. The van der Waals surface area contributed by atoms with Gasteiger partial charge in [-0.2, -0.15) is 0 Å². The van der Waals surface area contributed by atoms with Crippen molar-refractivity contribution in [3.63, 3.8) is 0 Å². The third-order valence-electron chi connectivity index (χ3n) is 2.81. The van der Waals surface area contributed by atoms with Gasteiger partial charge in [-0.05, 0) is 16.5 Å². The van der Waals surface area contributed by atoms with E-state index < -0.39 is 0 Å². The summed E-state index contributed by atoms with van der Waals surface area (Å²) < 4.78 is 0. The summed E-state index contributed by atoms with van der Waals surface area (Å²) in [7, 11) is 0. The van der Waals surface area contributed by atoms with E-state index in [0.29, 0.717) is 6.54 Å². The van der Waals surface area contributed by atoms with E-state index in [9.17, 15) is 4.79 Å². The van der Waals surface area contributed by atoms with Crippen molar-refractivity contribution >= 4 is 5.91 Å². The lowest BCUT2D eigenvalue weighted by molar-refractivity contribution is -0.124. The normalized spacial score (nSPS) is 11.6. The number of benzene rings is 1. The molecular formula is C15H23NO. The number of rotatable bonds is 3. The van der Waals surface area contributed by atoms with Crippen LogP contribution in [0.25, 0.3) is 0 Å².